The summed E-state index contributed by atoms with van der Waals surface area (Å²) in [6.07, 6.45) is 0. The molecular formula is C11H12FN3O. The van der Waals surface area contributed by atoms with Crippen molar-refractivity contribution in [3.05, 3.63) is 35.8 Å². The number of halogens is 1. The fraction of sp³-hybridized carbons (Fsp3) is 0.182. The molecule has 0 saturated heterocycles. The molecule has 0 unspecified atom stereocenters. The van der Waals surface area contributed by atoms with Crippen LogP contribution < -0.4 is 11.3 Å². The minimum absolute atomic E-state index is 0.296. The summed E-state index contributed by atoms with van der Waals surface area (Å²) in [6, 6.07) is 6.49. The maximum atomic E-state index is 13.6. The molecule has 0 saturated carbocycles. The van der Waals surface area contributed by atoms with Crippen LogP contribution in [0.15, 0.2) is 24.3 Å². The molecule has 3 N–H and O–H groups in total. The quantitative estimate of drug-likeness (QED) is 0.613. The van der Waals surface area contributed by atoms with E-state index in [9.17, 15) is 4.39 Å². The average molecular weight is 221 g/mol. The summed E-state index contributed by atoms with van der Waals surface area (Å²) in [5.74, 6) is 5.02. The van der Waals surface area contributed by atoms with E-state index in [2.05, 4.69) is 10.4 Å². The molecule has 1 heterocycles. The molecule has 84 valence electrons. The van der Waals surface area contributed by atoms with Crippen LogP contribution >= 0.6 is 0 Å². The number of nitrogens with zero attached hydrogens (tertiary/aromatic N) is 1. The van der Waals surface area contributed by atoms with Gasteiger partial charge in [-0.2, -0.15) is 0 Å². The lowest BCUT2D eigenvalue weighted by molar-refractivity contribution is 0.182. The second kappa shape index (κ2) is 4.42. The number of pyridine rings is 1. The molecule has 2 rings (SSSR count). The summed E-state index contributed by atoms with van der Waals surface area (Å²) < 4.78 is 18.5. The molecule has 0 spiro atoms. The molecule has 16 heavy (non-hydrogen) atoms. The third-order valence-electron chi connectivity index (χ3n) is 2.29. The first-order chi connectivity index (χ1) is 7.76. The van der Waals surface area contributed by atoms with Crippen molar-refractivity contribution in [2.24, 2.45) is 5.84 Å². The Balaban J connectivity index is 2.69. The Morgan fingerprint density at radius 3 is 3.00 bits per heavy atom. The lowest BCUT2D eigenvalue weighted by Crippen LogP contribution is -2.09. The van der Waals surface area contributed by atoms with E-state index in [1.807, 2.05) is 0 Å². The zero-order valence-electron chi connectivity index (χ0n) is 8.83. The summed E-state index contributed by atoms with van der Waals surface area (Å²) >= 11 is 0. The van der Waals surface area contributed by atoms with Gasteiger partial charge in [0.2, 0.25) is 0 Å². The SMILES string of the molecule is COCc1cc(NN)c2cccc(F)c2n1. The van der Waals surface area contributed by atoms with E-state index in [4.69, 9.17) is 10.6 Å². The van der Waals surface area contributed by atoms with Crippen molar-refractivity contribution >= 4 is 16.6 Å². The number of hydrogen-bond donors (Lipinski definition) is 2. The molecule has 0 bridgehead atoms. The first-order valence-electron chi connectivity index (χ1n) is 4.80. The molecular weight excluding hydrogens is 209 g/mol. The molecule has 0 aliphatic carbocycles. The first-order valence-corrected chi connectivity index (χ1v) is 4.80. The first kappa shape index (κ1) is 10.8. The molecule has 2 aromatic rings. The number of para-hydroxylation sites is 1. The molecule has 0 amide bonds. The number of fused-ring (bicyclic) bond motifs is 1. The number of nitrogens with two attached hydrogens (primary N) is 1. The fourth-order valence-electron chi connectivity index (χ4n) is 1.61. The van der Waals surface area contributed by atoms with E-state index in [1.54, 1.807) is 25.3 Å². The minimum atomic E-state index is -0.369. The third kappa shape index (κ3) is 1.82. The van der Waals surface area contributed by atoms with E-state index in [0.29, 0.717) is 28.9 Å². The van der Waals surface area contributed by atoms with Gasteiger partial charge in [-0.15, -0.1) is 0 Å². The van der Waals surface area contributed by atoms with Gasteiger partial charge in [-0.1, -0.05) is 12.1 Å². The van der Waals surface area contributed by atoms with Crippen LogP contribution in [0.3, 0.4) is 0 Å². The Morgan fingerprint density at radius 2 is 2.31 bits per heavy atom. The molecule has 0 atom stereocenters. The van der Waals surface area contributed by atoms with Gasteiger partial charge in [0.15, 0.2) is 0 Å². The smallest absolute Gasteiger partial charge is 0.149 e. The molecule has 1 aromatic heterocycles. The van der Waals surface area contributed by atoms with Gasteiger partial charge in [0.25, 0.3) is 0 Å². The lowest BCUT2D eigenvalue weighted by Gasteiger charge is -2.08. The van der Waals surface area contributed by atoms with Crippen LogP contribution in [0.1, 0.15) is 5.69 Å². The molecule has 4 nitrogen and oxygen atoms in total. The van der Waals surface area contributed by atoms with E-state index in [0.717, 1.165) is 0 Å². The molecule has 1 aromatic carbocycles. The molecule has 5 heteroatoms. The Morgan fingerprint density at radius 1 is 1.50 bits per heavy atom. The second-order valence-electron chi connectivity index (χ2n) is 3.37. The van der Waals surface area contributed by atoms with Gasteiger partial charge in [-0.25, -0.2) is 9.37 Å². The van der Waals surface area contributed by atoms with Crippen LogP contribution in [-0.4, -0.2) is 12.1 Å². The van der Waals surface area contributed by atoms with E-state index < -0.39 is 0 Å². The summed E-state index contributed by atoms with van der Waals surface area (Å²) in [6.45, 7) is 0.318. The van der Waals surface area contributed by atoms with Crippen molar-refractivity contribution in [3.8, 4) is 0 Å². The molecule has 0 aliphatic rings. The highest BCUT2D eigenvalue weighted by molar-refractivity contribution is 5.91. The van der Waals surface area contributed by atoms with E-state index >= 15 is 0 Å². The normalized spacial score (nSPS) is 10.7. The van der Waals surface area contributed by atoms with Crippen LogP contribution in [0.5, 0.6) is 0 Å². The summed E-state index contributed by atoms with van der Waals surface area (Å²) in [5.41, 5.74) is 4.10. The maximum Gasteiger partial charge on any atom is 0.149 e. The van der Waals surface area contributed by atoms with Crippen LogP contribution in [-0.2, 0) is 11.3 Å². The summed E-state index contributed by atoms with van der Waals surface area (Å²) in [7, 11) is 1.56. The Hall–Kier alpha value is -1.72. The average Bonchev–Trinajstić information content (AvgIpc) is 2.30. The number of benzene rings is 1. The number of hydrazine groups is 1. The number of ether oxygens (including phenoxy) is 1. The van der Waals surface area contributed by atoms with Crippen molar-refractivity contribution in [1.82, 2.24) is 4.98 Å². The third-order valence-corrected chi connectivity index (χ3v) is 2.29. The number of rotatable bonds is 3. The highest BCUT2D eigenvalue weighted by atomic mass is 19.1. The molecule has 0 aliphatic heterocycles. The number of hydrogen-bond acceptors (Lipinski definition) is 4. The van der Waals surface area contributed by atoms with Gasteiger partial charge in [0, 0.05) is 12.5 Å². The van der Waals surface area contributed by atoms with E-state index in [-0.39, 0.29) is 5.82 Å². The van der Waals surface area contributed by atoms with Crippen molar-refractivity contribution in [1.29, 1.82) is 0 Å². The number of nitrogen functional groups attached to an aromatic ring is 1. The zero-order valence-corrected chi connectivity index (χ0v) is 8.83. The van der Waals surface area contributed by atoms with Gasteiger partial charge in [0.05, 0.1) is 18.0 Å². The Labute approximate surface area is 92.2 Å². The van der Waals surface area contributed by atoms with Crippen molar-refractivity contribution < 1.29 is 9.13 Å². The van der Waals surface area contributed by atoms with Crippen molar-refractivity contribution in [3.63, 3.8) is 0 Å². The fourth-order valence-corrected chi connectivity index (χ4v) is 1.61. The number of nitrogens with one attached hydrogen (secondary N) is 1. The molecule has 0 fully saturated rings. The largest absolute Gasteiger partial charge is 0.378 e. The van der Waals surface area contributed by atoms with Gasteiger partial charge >= 0.3 is 0 Å². The number of methoxy groups -OCH3 is 1. The Bertz CT molecular complexity index is 516. The van der Waals surface area contributed by atoms with E-state index in [1.165, 1.54) is 6.07 Å². The van der Waals surface area contributed by atoms with Crippen LogP contribution in [0.2, 0.25) is 0 Å². The number of anilines is 1. The van der Waals surface area contributed by atoms with Gasteiger partial charge < -0.3 is 10.2 Å². The minimum Gasteiger partial charge on any atom is -0.378 e. The monoisotopic (exact) mass is 221 g/mol. The van der Waals surface area contributed by atoms with Crippen LogP contribution in [0.25, 0.3) is 10.9 Å². The van der Waals surface area contributed by atoms with Gasteiger partial charge in [-0.3, -0.25) is 5.84 Å². The Kier molecular flexibility index (Phi) is 2.98. The predicted octanol–water partition coefficient (Wildman–Crippen LogP) is 1.81. The number of aromatic nitrogens is 1. The topological polar surface area (TPSA) is 60.2 Å². The molecule has 0 radical (unpaired) electrons. The van der Waals surface area contributed by atoms with Crippen LogP contribution in [0.4, 0.5) is 10.1 Å². The van der Waals surface area contributed by atoms with Crippen molar-refractivity contribution in [2.75, 3.05) is 12.5 Å². The highest BCUT2D eigenvalue weighted by Crippen LogP contribution is 2.24. The van der Waals surface area contributed by atoms with Crippen molar-refractivity contribution in [2.45, 2.75) is 6.61 Å². The maximum absolute atomic E-state index is 13.6. The lowest BCUT2D eigenvalue weighted by atomic mass is 10.1. The van der Waals surface area contributed by atoms with Gasteiger partial charge in [-0.05, 0) is 12.1 Å². The highest BCUT2D eigenvalue weighted by Gasteiger charge is 2.08. The predicted molar refractivity (Wildman–Crippen MR) is 60.2 cm³/mol. The van der Waals surface area contributed by atoms with Crippen LogP contribution in [0, 0.1) is 5.82 Å². The standard InChI is InChI=1S/C11H12FN3O/c1-16-6-7-5-10(15-13)8-3-2-4-9(12)11(8)14-7/h2-5H,6,13H2,1H3,(H,14,15). The summed E-state index contributed by atoms with van der Waals surface area (Å²) in [5, 5.41) is 0.655. The van der Waals surface area contributed by atoms with Gasteiger partial charge in [0.1, 0.15) is 11.3 Å². The second-order valence-corrected chi connectivity index (χ2v) is 3.37. The zero-order chi connectivity index (χ0) is 11.5. The summed E-state index contributed by atoms with van der Waals surface area (Å²) in [4.78, 5) is 4.18.